The van der Waals surface area contributed by atoms with Gasteiger partial charge in [0.1, 0.15) is 0 Å². The van der Waals surface area contributed by atoms with Crippen LogP contribution in [0, 0.1) is 0 Å². The SMILES string of the molecule is CN(C(=O)CN(C)C1CCCNCC1)C1=CCCC1. The van der Waals surface area contributed by atoms with Gasteiger partial charge in [0, 0.05) is 18.8 Å². The van der Waals surface area contributed by atoms with E-state index in [-0.39, 0.29) is 5.91 Å². The Morgan fingerprint density at radius 2 is 2.16 bits per heavy atom. The van der Waals surface area contributed by atoms with E-state index in [0.29, 0.717) is 12.6 Å². The summed E-state index contributed by atoms with van der Waals surface area (Å²) in [5.41, 5.74) is 1.21. The average molecular weight is 265 g/mol. The highest BCUT2D eigenvalue weighted by molar-refractivity contribution is 5.79. The van der Waals surface area contributed by atoms with Crippen LogP contribution in [0.4, 0.5) is 0 Å². The fraction of sp³-hybridized carbons (Fsp3) is 0.800. The maximum Gasteiger partial charge on any atom is 0.240 e. The standard InChI is InChI=1S/C15H27N3O/c1-17(13-8-5-10-16-11-9-13)12-15(19)18(2)14-6-3-4-7-14/h6,13,16H,3-5,7-12H2,1-2H3. The fourth-order valence-corrected chi connectivity index (χ4v) is 3.01. The first kappa shape index (κ1) is 14.5. The van der Waals surface area contributed by atoms with Crippen LogP contribution in [0.3, 0.4) is 0 Å². The Balaban J connectivity index is 1.83. The molecule has 0 bridgehead atoms. The number of likely N-dealkylation sites (N-methyl/N-ethyl adjacent to an activating group) is 2. The van der Waals surface area contributed by atoms with E-state index in [1.54, 1.807) is 0 Å². The number of amides is 1. The van der Waals surface area contributed by atoms with E-state index in [9.17, 15) is 4.79 Å². The lowest BCUT2D eigenvalue weighted by Crippen LogP contribution is -2.41. The van der Waals surface area contributed by atoms with Crippen molar-refractivity contribution >= 4 is 5.91 Å². The number of hydrogen-bond donors (Lipinski definition) is 1. The monoisotopic (exact) mass is 265 g/mol. The van der Waals surface area contributed by atoms with Crippen LogP contribution < -0.4 is 5.32 Å². The van der Waals surface area contributed by atoms with Gasteiger partial charge in [0.15, 0.2) is 0 Å². The van der Waals surface area contributed by atoms with Crippen LogP contribution in [-0.2, 0) is 4.79 Å². The van der Waals surface area contributed by atoms with E-state index in [1.165, 1.54) is 25.0 Å². The topological polar surface area (TPSA) is 35.6 Å². The molecule has 1 aliphatic carbocycles. The number of rotatable bonds is 4. The second-order valence-corrected chi connectivity index (χ2v) is 5.79. The lowest BCUT2D eigenvalue weighted by atomic mass is 10.1. The lowest BCUT2D eigenvalue weighted by molar-refractivity contribution is -0.129. The van der Waals surface area contributed by atoms with Crippen molar-refractivity contribution in [3.63, 3.8) is 0 Å². The molecule has 2 aliphatic rings. The molecule has 0 spiro atoms. The molecule has 1 fully saturated rings. The average Bonchev–Trinajstić information content (AvgIpc) is 2.79. The van der Waals surface area contributed by atoms with Crippen LogP contribution in [-0.4, -0.2) is 55.5 Å². The van der Waals surface area contributed by atoms with Crippen LogP contribution in [0.2, 0.25) is 0 Å². The number of nitrogens with zero attached hydrogens (tertiary/aromatic N) is 2. The molecule has 0 saturated carbocycles. The Hall–Kier alpha value is -0.870. The molecule has 1 amide bonds. The van der Waals surface area contributed by atoms with Crippen LogP contribution in [0.15, 0.2) is 11.8 Å². The molecule has 19 heavy (non-hydrogen) atoms. The minimum absolute atomic E-state index is 0.229. The molecule has 1 saturated heterocycles. The predicted octanol–water partition coefficient (Wildman–Crippen LogP) is 1.59. The molecule has 4 heteroatoms. The molecule has 0 aromatic carbocycles. The van der Waals surface area contributed by atoms with Crippen molar-refractivity contribution in [1.82, 2.24) is 15.1 Å². The molecule has 4 nitrogen and oxygen atoms in total. The van der Waals surface area contributed by atoms with Gasteiger partial charge in [-0.15, -0.1) is 0 Å². The third kappa shape index (κ3) is 4.05. The van der Waals surface area contributed by atoms with Gasteiger partial charge in [-0.3, -0.25) is 9.69 Å². The second kappa shape index (κ2) is 7.06. The van der Waals surface area contributed by atoms with E-state index >= 15 is 0 Å². The van der Waals surface area contributed by atoms with Crippen LogP contribution in [0.25, 0.3) is 0 Å². The smallest absolute Gasteiger partial charge is 0.240 e. The van der Waals surface area contributed by atoms with E-state index < -0.39 is 0 Å². The normalized spacial score (nSPS) is 24.2. The van der Waals surface area contributed by atoms with E-state index in [4.69, 9.17) is 0 Å². The summed E-state index contributed by atoms with van der Waals surface area (Å²) in [6, 6.07) is 0.546. The molecule has 2 rings (SSSR count). The molecule has 0 radical (unpaired) electrons. The molecule has 1 N–H and O–H groups in total. The largest absolute Gasteiger partial charge is 0.318 e. The van der Waals surface area contributed by atoms with Gasteiger partial charge in [0.25, 0.3) is 0 Å². The minimum atomic E-state index is 0.229. The van der Waals surface area contributed by atoms with Gasteiger partial charge >= 0.3 is 0 Å². The van der Waals surface area contributed by atoms with Gasteiger partial charge in [-0.25, -0.2) is 0 Å². The number of allylic oxidation sites excluding steroid dienone is 2. The molecule has 0 aromatic heterocycles. The summed E-state index contributed by atoms with van der Waals surface area (Å²) in [7, 11) is 4.01. The van der Waals surface area contributed by atoms with Crippen molar-refractivity contribution in [2.45, 2.75) is 44.6 Å². The van der Waals surface area contributed by atoms with Crippen molar-refractivity contribution in [3.8, 4) is 0 Å². The predicted molar refractivity (Wildman–Crippen MR) is 77.8 cm³/mol. The van der Waals surface area contributed by atoms with Crippen molar-refractivity contribution in [1.29, 1.82) is 0 Å². The van der Waals surface area contributed by atoms with Crippen LogP contribution in [0.5, 0.6) is 0 Å². The third-order valence-electron chi connectivity index (χ3n) is 4.38. The summed E-state index contributed by atoms with van der Waals surface area (Å²) in [5.74, 6) is 0.229. The molecule has 1 aliphatic heterocycles. The third-order valence-corrected chi connectivity index (χ3v) is 4.38. The Morgan fingerprint density at radius 1 is 1.32 bits per heavy atom. The summed E-state index contributed by atoms with van der Waals surface area (Å²) in [4.78, 5) is 16.4. The van der Waals surface area contributed by atoms with Gasteiger partial charge < -0.3 is 10.2 Å². The molecule has 1 unspecified atom stereocenters. The molecule has 0 aromatic rings. The van der Waals surface area contributed by atoms with Crippen molar-refractivity contribution < 1.29 is 4.79 Å². The summed E-state index contributed by atoms with van der Waals surface area (Å²) in [6.45, 7) is 2.73. The van der Waals surface area contributed by atoms with Crippen LogP contribution in [0.1, 0.15) is 38.5 Å². The van der Waals surface area contributed by atoms with Crippen molar-refractivity contribution in [2.75, 3.05) is 33.7 Å². The summed E-state index contributed by atoms with van der Waals surface area (Å²) < 4.78 is 0. The zero-order valence-electron chi connectivity index (χ0n) is 12.3. The minimum Gasteiger partial charge on any atom is -0.318 e. The molecule has 1 atom stereocenters. The molecule has 108 valence electrons. The zero-order valence-corrected chi connectivity index (χ0v) is 12.3. The first-order valence-electron chi connectivity index (χ1n) is 7.55. The fourth-order valence-electron chi connectivity index (χ4n) is 3.01. The Morgan fingerprint density at radius 3 is 2.89 bits per heavy atom. The maximum absolute atomic E-state index is 12.3. The van der Waals surface area contributed by atoms with Crippen LogP contribution >= 0.6 is 0 Å². The molecular weight excluding hydrogens is 238 g/mol. The summed E-state index contributed by atoms with van der Waals surface area (Å²) in [6.07, 6.45) is 9.13. The van der Waals surface area contributed by atoms with E-state index in [1.807, 2.05) is 11.9 Å². The van der Waals surface area contributed by atoms with E-state index in [0.717, 1.165) is 32.4 Å². The Labute approximate surface area is 116 Å². The van der Waals surface area contributed by atoms with Crippen molar-refractivity contribution in [3.05, 3.63) is 11.8 Å². The first-order valence-corrected chi connectivity index (χ1v) is 7.55. The number of nitrogens with one attached hydrogen (secondary N) is 1. The van der Waals surface area contributed by atoms with Crippen molar-refractivity contribution in [2.24, 2.45) is 0 Å². The van der Waals surface area contributed by atoms with Gasteiger partial charge in [0.2, 0.25) is 5.91 Å². The number of carbonyl (C=O) groups excluding carboxylic acids is 1. The zero-order chi connectivity index (χ0) is 13.7. The molecule has 1 heterocycles. The van der Waals surface area contributed by atoms with Gasteiger partial charge in [-0.05, 0) is 58.7 Å². The van der Waals surface area contributed by atoms with Gasteiger partial charge in [0.05, 0.1) is 6.54 Å². The highest BCUT2D eigenvalue weighted by Gasteiger charge is 2.22. The highest BCUT2D eigenvalue weighted by atomic mass is 16.2. The number of carbonyl (C=O) groups is 1. The first-order chi connectivity index (χ1) is 9.18. The summed E-state index contributed by atoms with van der Waals surface area (Å²) >= 11 is 0. The van der Waals surface area contributed by atoms with Gasteiger partial charge in [-0.1, -0.05) is 6.08 Å². The Bertz CT molecular complexity index is 332. The maximum atomic E-state index is 12.3. The van der Waals surface area contributed by atoms with E-state index in [2.05, 4.69) is 23.3 Å². The lowest BCUT2D eigenvalue weighted by Gasteiger charge is -2.28. The second-order valence-electron chi connectivity index (χ2n) is 5.79. The van der Waals surface area contributed by atoms with Gasteiger partial charge in [-0.2, -0.15) is 0 Å². The highest BCUT2D eigenvalue weighted by Crippen LogP contribution is 2.20. The molecular formula is C15H27N3O. The summed E-state index contributed by atoms with van der Waals surface area (Å²) in [5, 5.41) is 3.42. The Kier molecular flexibility index (Phi) is 5.40. The number of hydrogen-bond acceptors (Lipinski definition) is 3. The quantitative estimate of drug-likeness (QED) is 0.838.